The maximum Gasteiger partial charge on any atom is 4.00 e. The summed E-state index contributed by atoms with van der Waals surface area (Å²) in [7, 11) is 0. The molecule has 13 heteroatoms. The molecule has 0 heterocycles. The van der Waals surface area contributed by atoms with Crippen molar-refractivity contribution in [3.05, 3.63) is 0 Å². The van der Waals surface area contributed by atoms with Gasteiger partial charge in [0.2, 0.25) is 0 Å². The molecule has 0 unspecified atom stereocenters. The summed E-state index contributed by atoms with van der Waals surface area (Å²) >= 11 is 0. The van der Waals surface area contributed by atoms with Gasteiger partial charge in [-0.15, -0.1) is 0 Å². The average molecular weight is 369 g/mol. The number of rotatable bonds is 4. The largest absolute Gasteiger partial charge is 4.00 e. The molecule has 0 fully saturated rings. The minimum Gasteiger partial charge on any atom is -0.549 e. The second kappa shape index (κ2) is 26.8. The predicted octanol–water partition coefficient (Wildman–Crippen LogP) is -9.60. The fraction of sp³-hybridized carbons (Fsp3) is 0.500. The zero-order valence-corrected chi connectivity index (χ0v) is 13.0. The van der Waals surface area contributed by atoms with E-state index in [0.29, 0.717) is 0 Å². The molecule has 0 aromatic rings. The van der Waals surface area contributed by atoms with Gasteiger partial charge in [-0.1, -0.05) is 0 Å². The van der Waals surface area contributed by atoms with Crippen molar-refractivity contribution >= 4 is 41.5 Å². The molecule has 0 spiro atoms. The van der Waals surface area contributed by atoms with Crippen LogP contribution < -0.4 is 43.4 Å². The van der Waals surface area contributed by atoms with Crippen LogP contribution >= 0.6 is 0 Å². The maximum atomic E-state index is 9.13. The molecule has 12 nitrogen and oxygen atoms in total. The molecule has 0 radical (unpaired) electrons. The van der Waals surface area contributed by atoms with Gasteiger partial charge in [-0.3, -0.25) is 0 Å². The van der Waals surface area contributed by atoms with Gasteiger partial charge >= 0.3 is 17.6 Å². The van der Waals surface area contributed by atoms with E-state index in [1.54, 1.807) is 0 Å². The number of carbonyl (C=O) groups is 4. The van der Waals surface area contributed by atoms with E-state index in [9.17, 15) is 0 Å². The van der Waals surface area contributed by atoms with Gasteiger partial charge in [0.15, 0.2) is 0 Å². The van der Waals surface area contributed by atoms with Crippen molar-refractivity contribution in [2.45, 2.75) is 0 Å². The van der Waals surface area contributed by atoms with E-state index < -0.39 is 23.9 Å². The molecule has 0 aromatic heterocycles. The van der Waals surface area contributed by atoms with Gasteiger partial charge in [0, 0.05) is 26.2 Å². The molecule has 0 bridgehead atoms. The van der Waals surface area contributed by atoms with Crippen molar-refractivity contribution in [1.82, 2.24) is 0 Å². The Morgan fingerprint density at radius 1 is 0.524 bits per heavy atom. The van der Waals surface area contributed by atoms with Gasteiger partial charge in [-0.05, 0) is 0 Å². The summed E-state index contributed by atoms with van der Waals surface area (Å²) in [5.41, 5.74) is 18.0. The van der Waals surface area contributed by atoms with Gasteiger partial charge in [0.1, 0.15) is 0 Å². The first kappa shape index (κ1) is 31.6. The average Bonchev–Trinajstić information content (AvgIpc) is 2.40. The maximum absolute atomic E-state index is 9.13. The third kappa shape index (κ3) is 123. The second-order valence-electron chi connectivity index (χ2n) is 2.30. The van der Waals surface area contributed by atoms with E-state index in [2.05, 4.69) is 22.9 Å². The molecular weight excluding hydrogens is 353 g/mol. The fourth-order valence-electron chi connectivity index (χ4n) is 0. The standard InChI is InChI=1S/4C2H5NO2.Ge/c4*3-1-2(4)5;/h4*1,3H2,(H,4,5);/q;;;;+4/p-4. The monoisotopic (exact) mass is 370 g/mol. The van der Waals surface area contributed by atoms with Crippen molar-refractivity contribution in [2.75, 3.05) is 26.2 Å². The van der Waals surface area contributed by atoms with Crippen molar-refractivity contribution in [3.8, 4) is 0 Å². The van der Waals surface area contributed by atoms with Gasteiger partial charge < -0.3 is 62.5 Å². The van der Waals surface area contributed by atoms with Crippen LogP contribution in [-0.2, 0) is 19.2 Å². The molecule has 0 saturated heterocycles. The van der Waals surface area contributed by atoms with Crippen LogP contribution in [0.15, 0.2) is 0 Å². The van der Waals surface area contributed by atoms with Crippen molar-refractivity contribution in [3.63, 3.8) is 0 Å². The SMILES string of the molecule is NCC(=O)[O-].NCC(=O)[O-].NCC(=O)[O-].NCC(=O)[O-].[Ge+4]. The van der Waals surface area contributed by atoms with Crippen LogP contribution in [0.2, 0.25) is 0 Å². The zero-order chi connectivity index (χ0) is 17.1. The number of hydrogen-bond donors (Lipinski definition) is 4. The molecule has 0 saturated carbocycles. The van der Waals surface area contributed by atoms with Crippen LogP contribution in [0.4, 0.5) is 0 Å². The summed E-state index contributed by atoms with van der Waals surface area (Å²) in [4.78, 5) is 36.5. The second-order valence-corrected chi connectivity index (χ2v) is 2.30. The molecule has 120 valence electrons. The first-order valence-corrected chi connectivity index (χ1v) is 4.68. The van der Waals surface area contributed by atoms with Crippen LogP contribution in [-0.4, -0.2) is 67.7 Å². The molecular formula is C8H16GeN4O8. The van der Waals surface area contributed by atoms with E-state index in [4.69, 9.17) is 39.6 Å². The Hall–Kier alpha value is -1.74. The van der Waals surface area contributed by atoms with Crippen LogP contribution in [0, 0.1) is 0 Å². The van der Waals surface area contributed by atoms with E-state index in [1.165, 1.54) is 0 Å². The molecule has 0 aliphatic rings. The third-order valence-corrected chi connectivity index (χ3v) is 0.667. The van der Waals surface area contributed by atoms with Crippen LogP contribution in [0.1, 0.15) is 0 Å². The van der Waals surface area contributed by atoms with Gasteiger partial charge in [0.25, 0.3) is 0 Å². The summed E-state index contributed by atoms with van der Waals surface area (Å²) < 4.78 is 0. The van der Waals surface area contributed by atoms with Crippen molar-refractivity contribution in [1.29, 1.82) is 0 Å². The Kier molecular flexibility index (Phi) is 40.2. The summed E-state index contributed by atoms with van der Waals surface area (Å²) in [5, 5.41) is 36.5. The predicted molar refractivity (Wildman–Crippen MR) is 62.0 cm³/mol. The Balaban J connectivity index is -0.0000000533. The molecule has 0 atom stereocenters. The topological polar surface area (TPSA) is 265 Å². The van der Waals surface area contributed by atoms with Crippen LogP contribution in [0.25, 0.3) is 0 Å². The summed E-state index contributed by atoms with van der Waals surface area (Å²) in [5.74, 6) is -4.87. The normalized spacial score (nSPS) is 7.05. The Morgan fingerprint density at radius 2 is 0.571 bits per heavy atom. The van der Waals surface area contributed by atoms with E-state index in [0.717, 1.165) is 0 Å². The van der Waals surface area contributed by atoms with Crippen molar-refractivity contribution in [2.24, 2.45) is 22.9 Å². The third-order valence-electron chi connectivity index (χ3n) is 0.667. The first-order chi connectivity index (χ1) is 9.08. The van der Waals surface area contributed by atoms with Gasteiger partial charge in [-0.25, -0.2) is 0 Å². The number of aliphatic carboxylic acids is 4. The Morgan fingerprint density at radius 3 is 0.571 bits per heavy atom. The van der Waals surface area contributed by atoms with Crippen LogP contribution in [0.5, 0.6) is 0 Å². The summed E-state index contributed by atoms with van der Waals surface area (Å²) in [6, 6.07) is 0. The summed E-state index contributed by atoms with van der Waals surface area (Å²) in [6.07, 6.45) is 0. The number of nitrogens with two attached hydrogens (primary N) is 4. The molecule has 0 aliphatic heterocycles. The molecule has 0 amide bonds. The molecule has 0 rings (SSSR count). The number of carboxylic acids is 4. The Labute approximate surface area is 131 Å². The van der Waals surface area contributed by atoms with E-state index in [-0.39, 0.29) is 43.8 Å². The number of carboxylic acid groups (broad SMARTS) is 4. The van der Waals surface area contributed by atoms with Crippen LogP contribution in [0.3, 0.4) is 0 Å². The molecule has 0 aliphatic carbocycles. The Bertz CT molecular complexity index is 233. The van der Waals surface area contributed by atoms with Crippen molar-refractivity contribution < 1.29 is 39.6 Å². The zero-order valence-electron chi connectivity index (χ0n) is 10.9. The molecule has 8 N–H and O–H groups in total. The number of carbonyl (C=O) groups excluding carboxylic acids is 4. The minimum atomic E-state index is -1.22. The minimum absolute atomic E-state index is 0. The smallest absolute Gasteiger partial charge is 0.549 e. The van der Waals surface area contributed by atoms with Gasteiger partial charge in [0.05, 0.1) is 23.9 Å². The van der Waals surface area contributed by atoms with Gasteiger partial charge in [-0.2, -0.15) is 0 Å². The fourth-order valence-corrected chi connectivity index (χ4v) is 0. The van der Waals surface area contributed by atoms with E-state index >= 15 is 0 Å². The molecule has 21 heavy (non-hydrogen) atoms. The first-order valence-electron chi connectivity index (χ1n) is 4.68. The molecule has 0 aromatic carbocycles. The summed E-state index contributed by atoms with van der Waals surface area (Å²) in [6.45, 7) is -1.56. The van der Waals surface area contributed by atoms with E-state index in [1.807, 2.05) is 0 Å². The number of hydrogen-bond acceptors (Lipinski definition) is 12. The quantitative estimate of drug-likeness (QED) is 0.336.